The van der Waals surface area contributed by atoms with E-state index in [2.05, 4.69) is 45.1 Å². The van der Waals surface area contributed by atoms with E-state index in [1.54, 1.807) is 6.20 Å². The van der Waals surface area contributed by atoms with Gasteiger partial charge in [0, 0.05) is 55.6 Å². The van der Waals surface area contributed by atoms with Crippen molar-refractivity contribution in [2.24, 2.45) is 5.73 Å². The lowest BCUT2D eigenvalue weighted by Gasteiger charge is -2.22. The predicted molar refractivity (Wildman–Crippen MR) is 127 cm³/mol. The number of benzene rings is 1. The van der Waals surface area contributed by atoms with Crippen LogP contribution in [0.4, 0.5) is 5.82 Å². The summed E-state index contributed by atoms with van der Waals surface area (Å²) in [6.45, 7) is 2.69. The van der Waals surface area contributed by atoms with E-state index in [1.165, 1.54) is 16.9 Å². The topological polar surface area (TPSA) is 75.3 Å². The number of nitrogens with two attached hydrogens (primary N) is 1. The molecule has 0 aliphatic carbocycles. The minimum Gasteiger partial charge on any atom is -0.365 e. The second-order valence-electron chi connectivity index (χ2n) is 8.34. The van der Waals surface area contributed by atoms with E-state index in [-0.39, 0.29) is 11.8 Å². The zero-order chi connectivity index (χ0) is 21.5. The molecule has 31 heavy (non-hydrogen) atoms. The molecule has 1 fully saturated rings. The number of anilines is 1. The van der Waals surface area contributed by atoms with Crippen LogP contribution in [0.2, 0.25) is 0 Å². The molecule has 0 radical (unpaired) electrons. The van der Waals surface area contributed by atoms with Crippen molar-refractivity contribution in [1.29, 1.82) is 0 Å². The van der Waals surface area contributed by atoms with Gasteiger partial charge in [-0.15, -0.1) is 11.3 Å². The Hall–Kier alpha value is -3.03. The molecule has 1 aliphatic rings. The van der Waals surface area contributed by atoms with Crippen LogP contribution in [0.5, 0.6) is 0 Å². The summed E-state index contributed by atoms with van der Waals surface area (Å²) in [5, 5.41) is 2.22. The molecule has 1 amide bonds. The van der Waals surface area contributed by atoms with Crippen molar-refractivity contribution in [2.45, 2.75) is 18.9 Å². The maximum Gasteiger partial charge on any atom is 0.259 e. The minimum atomic E-state index is -0.356. The lowest BCUT2D eigenvalue weighted by atomic mass is 9.95. The minimum absolute atomic E-state index is 0.275. The molecule has 158 valence electrons. The van der Waals surface area contributed by atoms with Crippen LogP contribution in [-0.2, 0) is 6.54 Å². The number of primary amides is 1. The lowest BCUT2D eigenvalue weighted by Crippen LogP contribution is -2.23. The van der Waals surface area contributed by atoms with E-state index in [1.807, 2.05) is 26.2 Å². The first kappa shape index (κ1) is 19.9. The van der Waals surface area contributed by atoms with E-state index < -0.39 is 0 Å². The highest BCUT2D eigenvalue weighted by Gasteiger charge is 2.30. The van der Waals surface area contributed by atoms with Gasteiger partial charge in [0.2, 0.25) is 0 Å². The summed E-state index contributed by atoms with van der Waals surface area (Å²) in [6.07, 6.45) is 2.77. The van der Waals surface area contributed by atoms with E-state index >= 15 is 0 Å². The standard InChI is InChI=1S/C24H25N5OS/c1-28(2)23-17(12-15-6-3-4-8-19(15)27-23)14-29-11-9-16(13-29)20-18-7-5-10-26-24(18)31-21(20)22(25)30/h3-8,10,12,16H,9,11,13-14H2,1-2H3,(H2,25,30). The quantitative estimate of drug-likeness (QED) is 0.517. The number of hydrogen-bond donors (Lipinski definition) is 1. The average Bonchev–Trinajstić information content (AvgIpc) is 3.37. The fourth-order valence-electron chi connectivity index (χ4n) is 4.65. The number of aromatic nitrogens is 2. The van der Waals surface area contributed by atoms with Crippen LogP contribution in [0.15, 0.2) is 48.7 Å². The summed E-state index contributed by atoms with van der Waals surface area (Å²) in [5.74, 6) is 0.923. The van der Waals surface area contributed by atoms with E-state index in [0.29, 0.717) is 4.88 Å². The molecule has 1 atom stereocenters. The highest BCUT2D eigenvalue weighted by Crippen LogP contribution is 2.39. The van der Waals surface area contributed by atoms with Crippen LogP contribution >= 0.6 is 11.3 Å². The number of nitrogens with zero attached hydrogens (tertiary/aromatic N) is 4. The summed E-state index contributed by atoms with van der Waals surface area (Å²) >= 11 is 1.41. The number of fused-ring (bicyclic) bond motifs is 2. The second-order valence-corrected chi connectivity index (χ2v) is 9.34. The Morgan fingerprint density at radius 3 is 2.90 bits per heavy atom. The zero-order valence-electron chi connectivity index (χ0n) is 17.7. The maximum absolute atomic E-state index is 12.1. The molecule has 0 bridgehead atoms. The molecule has 0 saturated carbocycles. The van der Waals surface area contributed by atoms with Crippen LogP contribution in [0.3, 0.4) is 0 Å². The van der Waals surface area contributed by atoms with Gasteiger partial charge < -0.3 is 10.6 Å². The van der Waals surface area contributed by atoms with E-state index in [4.69, 9.17) is 10.7 Å². The van der Waals surface area contributed by atoms with Gasteiger partial charge >= 0.3 is 0 Å². The van der Waals surface area contributed by atoms with E-state index in [9.17, 15) is 4.79 Å². The maximum atomic E-state index is 12.1. The molecule has 1 aliphatic heterocycles. The van der Waals surface area contributed by atoms with Crippen molar-refractivity contribution in [1.82, 2.24) is 14.9 Å². The Morgan fingerprint density at radius 2 is 2.10 bits per heavy atom. The SMILES string of the molecule is CN(C)c1nc2ccccc2cc1CN1CCC(c2c(C(N)=O)sc3ncccc23)C1. The van der Waals surface area contributed by atoms with Crippen molar-refractivity contribution >= 4 is 44.2 Å². The first-order valence-corrected chi connectivity index (χ1v) is 11.3. The number of thiophene rings is 1. The third-order valence-electron chi connectivity index (χ3n) is 6.01. The molecule has 3 aromatic heterocycles. The molecular formula is C24H25N5OS. The van der Waals surface area contributed by atoms with Crippen molar-refractivity contribution in [2.75, 3.05) is 32.1 Å². The highest BCUT2D eigenvalue weighted by atomic mass is 32.1. The summed E-state index contributed by atoms with van der Waals surface area (Å²) in [4.78, 5) is 27.6. The molecule has 6 nitrogen and oxygen atoms in total. The third kappa shape index (κ3) is 3.64. The van der Waals surface area contributed by atoms with Gasteiger partial charge in [-0.2, -0.15) is 0 Å². The molecule has 1 unspecified atom stereocenters. The number of para-hydroxylation sites is 1. The van der Waals surface area contributed by atoms with Crippen LogP contribution in [0.1, 0.15) is 33.1 Å². The Balaban J connectivity index is 1.45. The van der Waals surface area contributed by atoms with Gasteiger partial charge in [0.05, 0.1) is 10.4 Å². The molecular weight excluding hydrogens is 406 g/mol. The Bertz CT molecular complexity index is 1280. The smallest absolute Gasteiger partial charge is 0.259 e. The second kappa shape index (κ2) is 7.90. The molecule has 0 spiro atoms. The molecule has 7 heteroatoms. The lowest BCUT2D eigenvalue weighted by molar-refractivity contribution is 0.100. The van der Waals surface area contributed by atoms with Crippen LogP contribution in [0, 0.1) is 0 Å². The van der Waals surface area contributed by atoms with Crippen LogP contribution in [0.25, 0.3) is 21.1 Å². The fraction of sp³-hybridized carbons (Fsp3) is 0.292. The Morgan fingerprint density at radius 1 is 1.26 bits per heavy atom. The number of likely N-dealkylation sites (tertiary alicyclic amines) is 1. The number of carbonyl (C=O) groups excluding carboxylic acids is 1. The number of carbonyl (C=O) groups is 1. The summed E-state index contributed by atoms with van der Waals surface area (Å²) < 4.78 is 0. The first-order chi connectivity index (χ1) is 15.0. The molecule has 4 heterocycles. The van der Waals surface area contributed by atoms with Gasteiger partial charge in [-0.05, 0) is 36.7 Å². The number of hydrogen-bond acceptors (Lipinski definition) is 6. The summed E-state index contributed by atoms with van der Waals surface area (Å²) in [5.41, 5.74) is 9.03. The van der Waals surface area contributed by atoms with Crippen molar-refractivity contribution in [3.63, 3.8) is 0 Å². The summed E-state index contributed by atoms with van der Waals surface area (Å²) in [6, 6.07) is 14.5. The number of rotatable bonds is 5. The normalized spacial score (nSPS) is 16.9. The third-order valence-corrected chi connectivity index (χ3v) is 7.15. The Labute approximate surface area is 185 Å². The molecule has 2 N–H and O–H groups in total. The highest BCUT2D eigenvalue weighted by molar-refractivity contribution is 7.20. The average molecular weight is 432 g/mol. The van der Waals surface area contributed by atoms with Crippen LogP contribution < -0.4 is 10.6 Å². The van der Waals surface area contributed by atoms with E-state index in [0.717, 1.165) is 58.6 Å². The molecule has 5 rings (SSSR count). The largest absolute Gasteiger partial charge is 0.365 e. The predicted octanol–water partition coefficient (Wildman–Crippen LogP) is 4.00. The number of pyridine rings is 2. The molecule has 4 aromatic rings. The van der Waals surface area contributed by atoms with Gasteiger partial charge in [-0.3, -0.25) is 9.69 Å². The monoisotopic (exact) mass is 431 g/mol. The first-order valence-electron chi connectivity index (χ1n) is 10.5. The molecule has 1 aromatic carbocycles. The number of amides is 1. The van der Waals surface area contributed by atoms with Crippen molar-refractivity contribution < 1.29 is 4.79 Å². The fourth-order valence-corrected chi connectivity index (χ4v) is 5.73. The van der Waals surface area contributed by atoms with Gasteiger partial charge in [-0.1, -0.05) is 24.3 Å². The Kier molecular flexibility index (Phi) is 5.08. The van der Waals surface area contributed by atoms with Crippen molar-refractivity contribution in [3.05, 3.63) is 64.7 Å². The zero-order valence-corrected chi connectivity index (χ0v) is 18.5. The van der Waals surface area contributed by atoms with Gasteiger partial charge in [0.15, 0.2) is 0 Å². The van der Waals surface area contributed by atoms with Crippen LogP contribution in [-0.4, -0.2) is 48.0 Å². The van der Waals surface area contributed by atoms with Gasteiger partial charge in [0.1, 0.15) is 10.6 Å². The van der Waals surface area contributed by atoms with Gasteiger partial charge in [0.25, 0.3) is 5.91 Å². The molecule has 1 saturated heterocycles. The van der Waals surface area contributed by atoms with Gasteiger partial charge in [-0.25, -0.2) is 9.97 Å². The summed E-state index contributed by atoms with van der Waals surface area (Å²) in [7, 11) is 4.08. The van der Waals surface area contributed by atoms with Crippen molar-refractivity contribution in [3.8, 4) is 0 Å².